The summed E-state index contributed by atoms with van der Waals surface area (Å²) in [6.45, 7) is 6.90. The maximum atomic E-state index is 11.5. The Morgan fingerprint density at radius 3 is 2.75 bits per heavy atom. The number of rotatable bonds is 7. The average Bonchev–Trinajstić information content (AvgIpc) is 2.38. The minimum atomic E-state index is -0.483. The minimum Gasteiger partial charge on any atom is -0.369 e. The van der Waals surface area contributed by atoms with Gasteiger partial charge < -0.3 is 10.6 Å². The number of aromatic nitrogens is 1. The lowest BCUT2D eigenvalue weighted by Crippen LogP contribution is -2.28. The van der Waals surface area contributed by atoms with E-state index < -0.39 is 4.92 Å². The van der Waals surface area contributed by atoms with Crippen molar-refractivity contribution in [3.05, 3.63) is 27.9 Å². The Kier molecular flexibility index (Phi) is 5.89. The Balaban J connectivity index is 2.42. The fraction of sp³-hybridized carbons (Fsp3) is 0.538. The van der Waals surface area contributed by atoms with Crippen LogP contribution in [0.1, 0.15) is 25.8 Å². The number of pyridine rings is 1. The molecule has 20 heavy (non-hydrogen) atoms. The van der Waals surface area contributed by atoms with Crippen molar-refractivity contribution >= 4 is 17.4 Å². The molecule has 0 fully saturated rings. The summed E-state index contributed by atoms with van der Waals surface area (Å²) < 4.78 is 0. The molecule has 1 heterocycles. The molecule has 0 spiro atoms. The zero-order valence-electron chi connectivity index (χ0n) is 12.0. The maximum Gasteiger partial charge on any atom is 0.287 e. The molecule has 0 aliphatic rings. The monoisotopic (exact) mass is 280 g/mol. The third-order valence-corrected chi connectivity index (χ3v) is 2.63. The van der Waals surface area contributed by atoms with Gasteiger partial charge in [0.1, 0.15) is 12.0 Å². The third-order valence-electron chi connectivity index (χ3n) is 2.63. The predicted octanol–water partition coefficient (Wildman–Crippen LogP) is 1.87. The molecule has 0 saturated heterocycles. The highest BCUT2D eigenvalue weighted by Crippen LogP contribution is 2.17. The van der Waals surface area contributed by atoms with Gasteiger partial charge in [0.05, 0.1) is 4.92 Å². The van der Waals surface area contributed by atoms with E-state index in [0.29, 0.717) is 36.8 Å². The molecule has 0 aliphatic carbocycles. The molecule has 2 N–H and O–H groups in total. The van der Waals surface area contributed by atoms with Crippen molar-refractivity contribution in [2.45, 2.75) is 27.2 Å². The molecule has 1 amide bonds. The van der Waals surface area contributed by atoms with Crippen LogP contribution < -0.4 is 10.6 Å². The number of hydrogen-bond acceptors (Lipinski definition) is 5. The molecule has 0 bridgehead atoms. The van der Waals surface area contributed by atoms with Crippen molar-refractivity contribution in [2.24, 2.45) is 5.92 Å². The quantitative estimate of drug-likeness (QED) is 0.587. The molecular formula is C13H20N4O3. The summed E-state index contributed by atoms with van der Waals surface area (Å²) in [5.74, 6) is 0.962. The van der Waals surface area contributed by atoms with Crippen LogP contribution in [0.4, 0.5) is 11.5 Å². The Morgan fingerprint density at radius 2 is 2.20 bits per heavy atom. The number of aryl methyl sites for hydroxylation is 1. The van der Waals surface area contributed by atoms with Gasteiger partial charge in [0.15, 0.2) is 0 Å². The van der Waals surface area contributed by atoms with Crippen LogP contribution in [0.2, 0.25) is 0 Å². The van der Waals surface area contributed by atoms with E-state index in [4.69, 9.17) is 0 Å². The summed E-state index contributed by atoms with van der Waals surface area (Å²) in [5, 5.41) is 16.4. The van der Waals surface area contributed by atoms with Crippen molar-refractivity contribution in [3.8, 4) is 0 Å². The van der Waals surface area contributed by atoms with Crippen molar-refractivity contribution in [2.75, 3.05) is 18.4 Å². The van der Waals surface area contributed by atoms with Gasteiger partial charge in [-0.25, -0.2) is 4.98 Å². The summed E-state index contributed by atoms with van der Waals surface area (Å²) in [4.78, 5) is 25.6. The van der Waals surface area contributed by atoms with Crippen molar-refractivity contribution in [3.63, 3.8) is 0 Å². The van der Waals surface area contributed by atoms with Crippen LogP contribution in [0.15, 0.2) is 12.3 Å². The van der Waals surface area contributed by atoms with E-state index >= 15 is 0 Å². The Labute approximate surface area is 117 Å². The average molecular weight is 280 g/mol. The van der Waals surface area contributed by atoms with Gasteiger partial charge in [-0.15, -0.1) is 0 Å². The second-order valence-electron chi connectivity index (χ2n) is 4.99. The number of nitro groups is 1. The molecule has 0 aromatic carbocycles. The minimum absolute atomic E-state index is 0.0224. The summed E-state index contributed by atoms with van der Waals surface area (Å²) >= 11 is 0. The molecular weight excluding hydrogens is 260 g/mol. The Bertz CT molecular complexity index is 489. The summed E-state index contributed by atoms with van der Waals surface area (Å²) in [5.41, 5.74) is 0.643. The number of nitrogens with zero attached hydrogens (tertiary/aromatic N) is 2. The first-order chi connectivity index (χ1) is 9.40. The normalized spacial score (nSPS) is 10.4. The topological polar surface area (TPSA) is 97.2 Å². The number of carbonyl (C=O) groups is 1. The fourth-order valence-corrected chi connectivity index (χ4v) is 1.55. The molecule has 1 aromatic heterocycles. The van der Waals surface area contributed by atoms with Crippen LogP contribution >= 0.6 is 0 Å². The fourth-order valence-electron chi connectivity index (χ4n) is 1.55. The van der Waals surface area contributed by atoms with Gasteiger partial charge >= 0.3 is 0 Å². The molecule has 110 valence electrons. The van der Waals surface area contributed by atoms with Gasteiger partial charge in [0, 0.05) is 25.6 Å². The molecule has 7 heteroatoms. The maximum absolute atomic E-state index is 11.5. The number of carbonyl (C=O) groups excluding carboxylic acids is 1. The highest BCUT2D eigenvalue weighted by molar-refractivity contribution is 5.76. The van der Waals surface area contributed by atoms with E-state index in [0.717, 1.165) is 0 Å². The van der Waals surface area contributed by atoms with E-state index in [9.17, 15) is 14.9 Å². The smallest absolute Gasteiger partial charge is 0.287 e. The van der Waals surface area contributed by atoms with Gasteiger partial charge in [-0.05, 0) is 18.4 Å². The molecule has 1 aromatic rings. The van der Waals surface area contributed by atoms with E-state index in [1.165, 1.54) is 12.3 Å². The van der Waals surface area contributed by atoms with E-state index in [2.05, 4.69) is 15.6 Å². The van der Waals surface area contributed by atoms with Crippen LogP contribution in [0.5, 0.6) is 0 Å². The second kappa shape index (κ2) is 7.42. The zero-order valence-corrected chi connectivity index (χ0v) is 12.0. The highest BCUT2D eigenvalue weighted by Gasteiger charge is 2.09. The predicted molar refractivity (Wildman–Crippen MR) is 76.6 cm³/mol. The zero-order chi connectivity index (χ0) is 15.1. The van der Waals surface area contributed by atoms with Gasteiger partial charge in [-0.1, -0.05) is 13.8 Å². The first kappa shape index (κ1) is 15.9. The molecule has 0 saturated carbocycles. The summed E-state index contributed by atoms with van der Waals surface area (Å²) in [6, 6.07) is 1.45. The van der Waals surface area contributed by atoms with Gasteiger partial charge in [-0.3, -0.25) is 14.9 Å². The second-order valence-corrected chi connectivity index (χ2v) is 4.99. The SMILES string of the molecule is Cc1cc([N+](=O)[O-])cnc1NCCC(=O)NCC(C)C. The van der Waals surface area contributed by atoms with Crippen LogP contribution in [-0.4, -0.2) is 28.9 Å². The largest absolute Gasteiger partial charge is 0.369 e. The Hall–Kier alpha value is -2.18. The van der Waals surface area contributed by atoms with E-state index in [1.54, 1.807) is 6.92 Å². The number of hydrogen-bond donors (Lipinski definition) is 2. The molecule has 0 aliphatic heterocycles. The van der Waals surface area contributed by atoms with Crippen molar-refractivity contribution in [1.82, 2.24) is 10.3 Å². The lowest BCUT2D eigenvalue weighted by molar-refractivity contribution is -0.385. The first-order valence-electron chi connectivity index (χ1n) is 6.51. The molecule has 0 radical (unpaired) electrons. The third kappa shape index (κ3) is 5.21. The van der Waals surface area contributed by atoms with Crippen LogP contribution in [0, 0.1) is 23.0 Å². The molecule has 0 atom stereocenters. The standard InChI is InChI=1S/C13H20N4O3/c1-9(2)7-15-12(18)4-5-14-13-10(3)6-11(8-16-13)17(19)20/h6,8-9H,4-5,7H2,1-3H3,(H,14,16)(H,15,18). The number of nitrogens with one attached hydrogen (secondary N) is 2. The van der Waals surface area contributed by atoms with Gasteiger partial charge in [0.2, 0.25) is 5.91 Å². The summed E-state index contributed by atoms with van der Waals surface area (Å²) in [6.07, 6.45) is 1.54. The van der Waals surface area contributed by atoms with E-state index in [-0.39, 0.29) is 11.6 Å². The first-order valence-corrected chi connectivity index (χ1v) is 6.51. The highest BCUT2D eigenvalue weighted by atomic mass is 16.6. The van der Waals surface area contributed by atoms with Crippen molar-refractivity contribution < 1.29 is 9.72 Å². The number of anilines is 1. The van der Waals surface area contributed by atoms with Crippen LogP contribution in [0.25, 0.3) is 0 Å². The summed E-state index contributed by atoms with van der Waals surface area (Å²) in [7, 11) is 0. The lowest BCUT2D eigenvalue weighted by atomic mass is 10.2. The molecule has 7 nitrogen and oxygen atoms in total. The van der Waals surface area contributed by atoms with Gasteiger partial charge in [-0.2, -0.15) is 0 Å². The molecule has 1 rings (SSSR count). The van der Waals surface area contributed by atoms with Gasteiger partial charge in [0.25, 0.3) is 5.69 Å². The lowest BCUT2D eigenvalue weighted by Gasteiger charge is -2.09. The Morgan fingerprint density at radius 1 is 1.50 bits per heavy atom. The van der Waals surface area contributed by atoms with E-state index in [1.807, 2.05) is 13.8 Å². The van der Waals surface area contributed by atoms with Crippen LogP contribution in [-0.2, 0) is 4.79 Å². The van der Waals surface area contributed by atoms with Crippen LogP contribution in [0.3, 0.4) is 0 Å². The number of amides is 1. The molecule has 0 unspecified atom stereocenters. The van der Waals surface area contributed by atoms with Crippen molar-refractivity contribution in [1.29, 1.82) is 0 Å².